The summed E-state index contributed by atoms with van der Waals surface area (Å²) in [5, 5.41) is 0. The number of fused-ring (bicyclic) bond motifs is 1. The van der Waals surface area contributed by atoms with Crippen molar-refractivity contribution in [3.63, 3.8) is 0 Å². The molecular weight excluding hydrogens is 420 g/mol. The van der Waals surface area contributed by atoms with Gasteiger partial charge in [0, 0.05) is 22.3 Å². The molecule has 0 amide bonds. The maximum Gasteiger partial charge on any atom is 0.339 e. The first kappa shape index (κ1) is 21.4. The van der Waals surface area contributed by atoms with Gasteiger partial charge in [-0.2, -0.15) is 0 Å². The van der Waals surface area contributed by atoms with E-state index in [4.69, 9.17) is 4.74 Å². The van der Waals surface area contributed by atoms with Crippen molar-refractivity contribution in [3.8, 4) is 0 Å². The van der Waals surface area contributed by atoms with E-state index in [1.54, 1.807) is 0 Å². The number of hydrogen-bond donors (Lipinski definition) is 0. The van der Waals surface area contributed by atoms with E-state index >= 15 is 0 Å². The minimum Gasteiger partial charge on any atom is -0.465 e. The maximum absolute atomic E-state index is 13.9. The second kappa shape index (κ2) is 9.16. The number of benzene rings is 4. The summed E-state index contributed by atoms with van der Waals surface area (Å²) in [4.78, 5) is 27.4. The molecular formula is C31H22O3. The molecule has 4 aromatic rings. The highest BCUT2D eigenvalue weighted by Gasteiger charge is 2.37. The molecule has 0 unspecified atom stereocenters. The van der Waals surface area contributed by atoms with Crippen LogP contribution in [0.4, 0.5) is 0 Å². The van der Waals surface area contributed by atoms with Crippen LogP contribution in [0.15, 0.2) is 126 Å². The summed E-state index contributed by atoms with van der Waals surface area (Å²) in [6.45, 7) is 0. The van der Waals surface area contributed by atoms with E-state index in [0.29, 0.717) is 16.7 Å². The number of Topliss-reactive ketones (excluding diaryl/α,β-unsaturated/α-hetero) is 1. The van der Waals surface area contributed by atoms with Gasteiger partial charge >= 0.3 is 5.97 Å². The first-order valence-corrected chi connectivity index (χ1v) is 11.1. The molecule has 0 N–H and O–H groups in total. The van der Waals surface area contributed by atoms with Gasteiger partial charge in [-0.3, -0.25) is 4.79 Å². The predicted molar refractivity (Wildman–Crippen MR) is 134 cm³/mol. The van der Waals surface area contributed by atoms with Crippen molar-refractivity contribution in [2.24, 2.45) is 0 Å². The van der Waals surface area contributed by atoms with Gasteiger partial charge in [0.15, 0.2) is 5.78 Å². The van der Waals surface area contributed by atoms with Gasteiger partial charge in [0.05, 0.1) is 12.7 Å². The van der Waals surface area contributed by atoms with Gasteiger partial charge < -0.3 is 4.74 Å². The molecule has 0 atom stereocenters. The van der Waals surface area contributed by atoms with Gasteiger partial charge in [-0.15, -0.1) is 0 Å². The predicted octanol–water partition coefficient (Wildman–Crippen LogP) is 6.36. The number of ether oxygens (including phenoxy) is 1. The Morgan fingerprint density at radius 2 is 1.09 bits per heavy atom. The minimum atomic E-state index is -0.549. The smallest absolute Gasteiger partial charge is 0.339 e. The van der Waals surface area contributed by atoms with E-state index in [2.05, 4.69) is 0 Å². The lowest BCUT2D eigenvalue weighted by Gasteiger charge is -2.17. The lowest BCUT2D eigenvalue weighted by molar-refractivity contribution is -0.135. The highest BCUT2D eigenvalue weighted by molar-refractivity contribution is 6.31. The Bertz CT molecular complexity index is 1390. The zero-order valence-electron chi connectivity index (χ0n) is 18.7. The van der Waals surface area contributed by atoms with Crippen LogP contribution < -0.4 is 0 Å². The van der Waals surface area contributed by atoms with Crippen molar-refractivity contribution in [3.05, 3.63) is 154 Å². The third kappa shape index (κ3) is 3.67. The van der Waals surface area contributed by atoms with Gasteiger partial charge in [0.1, 0.15) is 0 Å². The van der Waals surface area contributed by atoms with E-state index in [0.717, 1.165) is 27.8 Å². The van der Waals surface area contributed by atoms with Crippen LogP contribution in [0.3, 0.4) is 0 Å². The number of carbonyl (C=O) groups is 2. The van der Waals surface area contributed by atoms with Crippen LogP contribution in [-0.4, -0.2) is 18.9 Å². The molecule has 0 bridgehead atoms. The van der Waals surface area contributed by atoms with Crippen LogP contribution in [0.5, 0.6) is 0 Å². The van der Waals surface area contributed by atoms with Crippen LogP contribution in [0.2, 0.25) is 0 Å². The highest BCUT2D eigenvalue weighted by Crippen LogP contribution is 2.43. The largest absolute Gasteiger partial charge is 0.465 e. The average Bonchev–Trinajstić information content (AvgIpc) is 3.20. The zero-order valence-corrected chi connectivity index (χ0v) is 18.7. The fourth-order valence-electron chi connectivity index (χ4n) is 4.52. The Labute approximate surface area is 198 Å². The first-order chi connectivity index (χ1) is 16.7. The van der Waals surface area contributed by atoms with Crippen LogP contribution in [0.1, 0.15) is 32.6 Å². The van der Waals surface area contributed by atoms with Crippen LogP contribution in [0, 0.1) is 0 Å². The summed E-state index contributed by atoms with van der Waals surface area (Å²) >= 11 is 0. The molecule has 3 heteroatoms. The summed E-state index contributed by atoms with van der Waals surface area (Å²) in [6.07, 6.45) is 0. The third-order valence-electron chi connectivity index (χ3n) is 6.00. The summed E-state index contributed by atoms with van der Waals surface area (Å²) in [5.74, 6) is -0.730. The molecule has 0 saturated carbocycles. The Kier molecular flexibility index (Phi) is 5.75. The van der Waals surface area contributed by atoms with Crippen LogP contribution >= 0.6 is 0 Å². The molecule has 3 nitrogen and oxygen atoms in total. The van der Waals surface area contributed by atoms with Gasteiger partial charge in [-0.1, -0.05) is 115 Å². The second-order valence-corrected chi connectivity index (χ2v) is 7.96. The number of rotatable bonds is 5. The molecule has 0 saturated heterocycles. The Morgan fingerprint density at radius 1 is 0.618 bits per heavy atom. The van der Waals surface area contributed by atoms with Crippen molar-refractivity contribution in [1.29, 1.82) is 0 Å². The highest BCUT2D eigenvalue weighted by atomic mass is 16.5. The quantitative estimate of drug-likeness (QED) is 0.267. The maximum atomic E-state index is 13.9. The number of ketones is 1. The minimum absolute atomic E-state index is 0.181. The first-order valence-electron chi connectivity index (χ1n) is 11.1. The molecule has 1 aliphatic rings. The van der Waals surface area contributed by atoms with Crippen molar-refractivity contribution in [2.75, 3.05) is 7.11 Å². The molecule has 0 aromatic heterocycles. The van der Waals surface area contributed by atoms with E-state index in [9.17, 15) is 9.59 Å². The summed E-state index contributed by atoms with van der Waals surface area (Å²) in [5.41, 5.74) is 5.97. The van der Waals surface area contributed by atoms with Gasteiger partial charge in [0.2, 0.25) is 0 Å². The number of esters is 1. The van der Waals surface area contributed by atoms with E-state index in [1.165, 1.54) is 7.11 Å². The average molecular weight is 443 g/mol. The molecule has 0 spiro atoms. The molecule has 0 fully saturated rings. The Balaban J connectivity index is 1.94. The molecule has 5 rings (SSSR count). The number of carbonyl (C=O) groups excluding carboxylic acids is 2. The molecule has 0 aliphatic heterocycles. The summed E-state index contributed by atoms with van der Waals surface area (Å²) in [7, 11) is 1.35. The van der Waals surface area contributed by atoms with Crippen LogP contribution in [-0.2, 0) is 9.53 Å². The lowest BCUT2D eigenvalue weighted by atomic mass is 9.86. The fourth-order valence-corrected chi connectivity index (χ4v) is 4.52. The Morgan fingerprint density at radius 3 is 1.62 bits per heavy atom. The van der Waals surface area contributed by atoms with Gasteiger partial charge in [-0.25, -0.2) is 4.79 Å². The molecule has 164 valence electrons. The van der Waals surface area contributed by atoms with Crippen LogP contribution in [0.25, 0.3) is 11.1 Å². The molecule has 0 radical (unpaired) electrons. The SMILES string of the molecule is COC(=O)C(C1=C(c2ccccc2)c2ccccc2C1=O)=C(c1ccccc1)c1ccccc1. The van der Waals surface area contributed by atoms with Crippen molar-refractivity contribution in [2.45, 2.75) is 0 Å². The van der Waals surface area contributed by atoms with E-state index in [1.807, 2.05) is 115 Å². The molecule has 1 aliphatic carbocycles. The monoisotopic (exact) mass is 442 g/mol. The summed E-state index contributed by atoms with van der Waals surface area (Å²) in [6, 6.07) is 36.5. The van der Waals surface area contributed by atoms with Crippen molar-refractivity contribution >= 4 is 22.9 Å². The van der Waals surface area contributed by atoms with Crippen molar-refractivity contribution in [1.82, 2.24) is 0 Å². The third-order valence-corrected chi connectivity index (χ3v) is 6.00. The number of methoxy groups -OCH3 is 1. The van der Waals surface area contributed by atoms with E-state index in [-0.39, 0.29) is 11.4 Å². The van der Waals surface area contributed by atoms with Gasteiger partial charge in [0.25, 0.3) is 0 Å². The lowest BCUT2D eigenvalue weighted by Crippen LogP contribution is -2.15. The van der Waals surface area contributed by atoms with Gasteiger partial charge in [-0.05, 0) is 22.3 Å². The standard InChI is InChI=1S/C31H22O3/c1-34-31(33)29(26(21-13-5-2-6-14-21)22-15-7-3-8-16-22)28-27(23-17-9-4-10-18-23)24-19-11-12-20-25(24)30(28)32/h2-20H,1H3. The zero-order chi connectivity index (χ0) is 23.5. The molecule has 34 heavy (non-hydrogen) atoms. The normalized spacial score (nSPS) is 12.3. The van der Waals surface area contributed by atoms with Crippen molar-refractivity contribution < 1.29 is 14.3 Å². The topological polar surface area (TPSA) is 43.4 Å². The Hall–Kier alpha value is -4.50. The second-order valence-electron chi connectivity index (χ2n) is 7.96. The van der Waals surface area contributed by atoms with E-state index < -0.39 is 5.97 Å². The molecule has 0 heterocycles. The fraction of sp³-hybridized carbons (Fsp3) is 0.0323. The summed E-state index contributed by atoms with van der Waals surface area (Å²) < 4.78 is 5.30. The molecule has 4 aromatic carbocycles. The number of hydrogen-bond acceptors (Lipinski definition) is 3.